The summed E-state index contributed by atoms with van der Waals surface area (Å²) in [5, 5.41) is 0. The first-order valence-electron chi connectivity index (χ1n) is 8.48. The summed E-state index contributed by atoms with van der Waals surface area (Å²) in [6.45, 7) is 3.23. The quantitative estimate of drug-likeness (QED) is 0.589. The number of rotatable bonds is 1. The number of fused-ring (bicyclic) bond motifs is 2. The van der Waals surface area contributed by atoms with Gasteiger partial charge in [0, 0.05) is 19.8 Å². The molecular formula is C19H22O4. The average Bonchev–Trinajstić information content (AvgIpc) is 2.47. The van der Waals surface area contributed by atoms with Gasteiger partial charge in [-0.3, -0.25) is 9.59 Å². The van der Waals surface area contributed by atoms with Crippen LogP contribution < -0.4 is 0 Å². The van der Waals surface area contributed by atoms with E-state index >= 15 is 0 Å². The molecule has 4 heteroatoms. The van der Waals surface area contributed by atoms with Gasteiger partial charge in [-0.1, -0.05) is 43.2 Å². The molecule has 0 unspecified atom stereocenters. The van der Waals surface area contributed by atoms with Gasteiger partial charge in [0.05, 0.1) is 0 Å². The van der Waals surface area contributed by atoms with Crippen LogP contribution in [0.3, 0.4) is 0 Å². The lowest BCUT2D eigenvalue weighted by Gasteiger charge is -2.61. The van der Waals surface area contributed by atoms with E-state index in [1.165, 1.54) is 0 Å². The summed E-state index contributed by atoms with van der Waals surface area (Å²) in [5.74, 6) is -1.65. The first-order valence-corrected chi connectivity index (χ1v) is 8.48. The molecule has 1 spiro atoms. The van der Waals surface area contributed by atoms with Crippen molar-refractivity contribution >= 4 is 11.9 Å². The molecule has 1 heterocycles. The minimum atomic E-state index is -1.17. The molecule has 3 fully saturated rings. The maximum absolute atomic E-state index is 12.9. The van der Waals surface area contributed by atoms with Crippen LogP contribution in [0.2, 0.25) is 0 Å². The van der Waals surface area contributed by atoms with Crippen LogP contribution in [0, 0.1) is 17.3 Å². The van der Waals surface area contributed by atoms with Crippen molar-refractivity contribution in [1.29, 1.82) is 0 Å². The van der Waals surface area contributed by atoms with Gasteiger partial charge in [-0.15, -0.1) is 0 Å². The van der Waals surface area contributed by atoms with E-state index in [1.54, 1.807) is 13.8 Å². The molecule has 0 N–H and O–H groups in total. The van der Waals surface area contributed by atoms with Crippen LogP contribution in [0.15, 0.2) is 30.3 Å². The van der Waals surface area contributed by atoms with Crippen LogP contribution in [-0.4, -0.2) is 17.7 Å². The maximum atomic E-state index is 12.9. The molecule has 1 aromatic carbocycles. The minimum Gasteiger partial charge on any atom is -0.422 e. The highest BCUT2D eigenvalue weighted by atomic mass is 16.7. The topological polar surface area (TPSA) is 52.6 Å². The second-order valence-corrected chi connectivity index (χ2v) is 7.49. The molecule has 3 atom stereocenters. The summed E-state index contributed by atoms with van der Waals surface area (Å²) in [6.07, 6.45) is 4.19. The van der Waals surface area contributed by atoms with E-state index in [-0.39, 0.29) is 11.8 Å². The van der Waals surface area contributed by atoms with Crippen molar-refractivity contribution in [2.24, 2.45) is 17.3 Å². The van der Waals surface area contributed by atoms with Crippen molar-refractivity contribution in [3.63, 3.8) is 0 Å². The van der Waals surface area contributed by atoms with Gasteiger partial charge in [0.2, 0.25) is 0 Å². The molecule has 0 radical (unpaired) electrons. The predicted octanol–water partition coefficient (Wildman–Crippen LogP) is 3.41. The van der Waals surface area contributed by atoms with E-state index in [0.29, 0.717) is 5.92 Å². The molecule has 4 rings (SSSR count). The monoisotopic (exact) mass is 314 g/mol. The molecule has 1 aliphatic heterocycles. The third-order valence-electron chi connectivity index (χ3n) is 5.83. The lowest BCUT2D eigenvalue weighted by Crippen LogP contribution is -2.69. The van der Waals surface area contributed by atoms with Crippen LogP contribution >= 0.6 is 0 Å². The Labute approximate surface area is 136 Å². The van der Waals surface area contributed by atoms with Crippen molar-refractivity contribution in [2.45, 2.75) is 51.2 Å². The van der Waals surface area contributed by atoms with E-state index in [9.17, 15) is 9.59 Å². The fraction of sp³-hybridized carbons (Fsp3) is 0.579. The highest BCUT2D eigenvalue weighted by molar-refractivity contribution is 6.04. The van der Waals surface area contributed by atoms with Crippen LogP contribution in [-0.2, 0) is 19.1 Å². The van der Waals surface area contributed by atoms with E-state index in [1.807, 2.05) is 30.3 Å². The minimum absolute atomic E-state index is 0.0533. The number of carbonyl (C=O) groups excluding carboxylic acids is 2. The van der Waals surface area contributed by atoms with Crippen molar-refractivity contribution in [3.05, 3.63) is 35.9 Å². The normalized spacial score (nSPS) is 34.1. The Bertz CT molecular complexity index is 629. The van der Waals surface area contributed by atoms with Gasteiger partial charge in [-0.25, -0.2) is 0 Å². The summed E-state index contributed by atoms with van der Waals surface area (Å²) >= 11 is 0. The zero-order valence-electron chi connectivity index (χ0n) is 13.6. The second-order valence-electron chi connectivity index (χ2n) is 7.49. The van der Waals surface area contributed by atoms with Crippen LogP contribution in [0.4, 0.5) is 0 Å². The largest absolute Gasteiger partial charge is 0.422 e. The molecule has 0 aromatic heterocycles. The Kier molecular flexibility index (Phi) is 3.09. The standard InChI is InChI=1S/C19H22O4/c1-18(2)22-16(20)19(17(21)23-18)14-11-7-6-10-13(14)15(19)12-8-4-3-5-9-12/h3-5,8-9,13-15H,6-7,10-11H2,1-2H3/t13-,14+,15+/m0/s1. The van der Waals surface area contributed by atoms with Gasteiger partial charge in [0.25, 0.3) is 5.79 Å². The zero-order valence-corrected chi connectivity index (χ0v) is 13.6. The van der Waals surface area contributed by atoms with Gasteiger partial charge in [-0.05, 0) is 30.2 Å². The van der Waals surface area contributed by atoms with Gasteiger partial charge < -0.3 is 9.47 Å². The molecule has 122 valence electrons. The van der Waals surface area contributed by atoms with E-state index in [0.717, 1.165) is 31.2 Å². The zero-order chi connectivity index (χ0) is 16.2. The molecule has 1 aromatic rings. The molecule has 1 saturated heterocycles. The molecule has 4 nitrogen and oxygen atoms in total. The van der Waals surface area contributed by atoms with Crippen LogP contribution in [0.5, 0.6) is 0 Å². The second kappa shape index (κ2) is 4.83. The first kappa shape index (κ1) is 14.7. The third-order valence-corrected chi connectivity index (χ3v) is 5.83. The molecular weight excluding hydrogens is 292 g/mol. The molecule has 2 aliphatic carbocycles. The smallest absolute Gasteiger partial charge is 0.327 e. The van der Waals surface area contributed by atoms with Crippen LogP contribution in [0.25, 0.3) is 0 Å². The number of ether oxygens (including phenoxy) is 2. The van der Waals surface area contributed by atoms with Gasteiger partial charge in [0.15, 0.2) is 5.41 Å². The lowest BCUT2D eigenvalue weighted by molar-refractivity contribution is -0.275. The molecule has 23 heavy (non-hydrogen) atoms. The maximum Gasteiger partial charge on any atom is 0.327 e. The Morgan fingerprint density at radius 3 is 2.22 bits per heavy atom. The van der Waals surface area contributed by atoms with Crippen molar-refractivity contribution in [2.75, 3.05) is 0 Å². The summed E-state index contributed by atoms with van der Waals surface area (Å²) in [5.41, 5.74) is -0.0913. The summed E-state index contributed by atoms with van der Waals surface area (Å²) in [4.78, 5) is 25.9. The SMILES string of the molecule is CC1(C)OC(=O)C2(C(=O)O1)[C@@H]1CCCC[C@@H]1[C@H]2c1ccccc1. The van der Waals surface area contributed by atoms with E-state index in [2.05, 4.69) is 0 Å². The first-order chi connectivity index (χ1) is 11.0. The number of benzene rings is 1. The molecule has 2 saturated carbocycles. The number of hydrogen-bond acceptors (Lipinski definition) is 4. The molecule has 3 aliphatic rings. The summed E-state index contributed by atoms with van der Waals surface area (Å²) < 4.78 is 11.0. The summed E-state index contributed by atoms with van der Waals surface area (Å²) in [6, 6.07) is 9.90. The van der Waals surface area contributed by atoms with Gasteiger partial charge >= 0.3 is 11.9 Å². The Hall–Kier alpha value is -1.84. The average molecular weight is 314 g/mol. The van der Waals surface area contributed by atoms with Crippen molar-refractivity contribution in [1.82, 2.24) is 0 Å². The van der Waals surface area contributed by atoms with Crippen LogP contribution in [0.1, 0.15) is 51.0 Å². The molecule has 0 bridgehead atoms. The number of esters is 2. The van der Waals surface area contributed by atoms with Gasteiger partial charge in [-0.2, -0.15) is 0 Å². The fourth-order valence-electron chi connectivity index (χ4n) is 5.02. The third kappa shape index (κ3) is 1.90. The number of hydrogen-bond donors (Lipinski definition) is 0. The van der Waals surface area contributed by atoms with Crippen molar-refractivity contribution in [3.8, 4) is 0 Å². The summed E-state index contributed by atoms with van der Waals surface area (Å²) in [7, 11) is 0. The fourth-order valence-corrected chi connectivity index (χ4v) is 5.02. The Balaban J connectivity index is 1.80. The van der Waals surface area contributed by atoms with Gasteiger partial charge in [0.1, 0.15) is 0 Å². The van der Waals surface area contributed by atoms with Crippen molar-refractivity contribution < 1.29 is 19.1 Å². The Morgan fingerprint density at radius 2 is 1.57 bits per heavy atom. The van der Waals surface area contributed by atoms with E-state index in [4.69, 9.17) is 9.47 Å². The van der Waals surface area contributed by atoms with E-state index < -0.39 is 23.1 Å². The Morgan fingerprint density at radius 1 is 0.957 bits per heavy atom. The highest BCUT2D eigenvalue weighted by Crippen LogP contribution is 2.68. The molecule has 0 amide bonds. The lowest BCUT2D eigenvalue weighted by atomic mass is 9.41. The number of cyclic esters (lactones) is 2. The number of carbonyl (C=O) groups is 2. The predicted molar refractivity (Wildman–Crippen MR) is 83.3 cm³/mol. The highest BCUT2D eigenvalue weighted by Gasteiger charge is 2.74.